The van der Waals surface area contributed by atoms with Crippen LogP contribution in [0.15, 0.2) is 53.1 Å². The van der Waals surface area contributed by atoms with E-state index in [0.717, 1.165) is 5.56 Å². The van der Waals surface area contributed by atoms with Crippen molar-refractivity contribution >= 4 is 40.8 Å². The van der Waals surface area contributed by atoms with Crippen molar-refractivity contribution in [2.75, 3.05) is 0 Å². The fourth-order valence-electron chi connectivity index (χ4n) is 2.00. The lowest BCUT2D eigenvalue weighted by Gasteiger charge is -2.04. The average molecular weight is 383 g/mol. The molecule has 122 valence electrons. The standard InChI is InChI=1S/C17H10Cl3NO3/c18-11-3-1-10(2-4-11)16-8-13(21-24-16)9-23-17(22)14-6-5-12(19)7-15(14)20/h1-8H,9H2. The Morgan fingerprint density at radius 2 is 1.71 bits per heavy atom. The van der Waals surface area contributed by atoms with Gasteiger partial charge in [-0.1, -0.05) is 40.0 Å². The molecule has 1 aromatic heterocycles. The zero-order valence-electron chi connectivity index (χ0n) is 12.1. The van der Waals surface area contributed by atoms with Crippen LogP contribution in [-0.2, 0) is 11.3 Å². The Morgan fingerprint density at radius 3 is 2.42 bits per heavy atom. The third kappa shape index (κ3) is 3.90. The Hall–Kier alpha value is -2.01. The van der Waals surface area contributed by atoms with E-state index >= 15 is 0 Å². The van der Waals surface area contributed by atoms with Crippen molar-refractivity contribution in [3.05, 3.63) is 74.9 Å². The van der Waals surface area contributed by atoms with Crippen LogP contribution in [0.2, 0.25) is 15.1 Å². The summed E-state index contributed by atoms with van der Waals surface area (Å²) in [4.78, 5) is 12.0. The van der Waals surface area contributed by atoms with Gasteiger partial charge in [0.15, 0.2) is 5.76 Å². The number of halogens is 3. The molecule has 0 saturated heterocycles. The van der Waals surface area contributed by atoms with Crippen molar-refractivity contribution in [1.29, 1.82) is 0 Å². The van der Waals surface area contributed by atoms with Crippen LogP contribution in [0.25, 0.3) is 11.3 Å². The molecule has 0 N–H and O–H groups in total. The molecule has 0 saturated carbocycles. The number of hydrogen-bond acceptors (Lipinski definition) is 4. The Kier molecular flexibility index (Phi) is 5.09. The van der Waals surface area contributed by atoms with Crippen LogP contribution in [0, 0.1) is 0 Å². The number of aromatic nitrogens is 1. The molecular formula is C17H10Cl3NO3. The normalized spacial score (nSPS) is 10.6. The molecule has 0 radical (unpaired) electrons. The van der Waals surface area contributed by atoms with Crippen molar-refractivity contribution in [3.8, 4) is 11.3 Å². The fraction of sp³-hybridized carbons (Fsp3) is 0.0588. The molecule has 0 aliphatic carbocycles. The summed E-state index contributed by atoms with van der Waals surface area (Å²) in [6.45, 7) is -0.0329. The first-order valence-corrected chi connectivity index (χ1v) is 8.00. The molecule has 4 nitrogen and oxygen atoms in total. The number of carbonyl (C=O) groups excluding carboxylic acids is 1. The van der Waals surface area contributed by atoms with E-state index in [1.165, 1.54) is 12.1 Å². The molecule has 0 atom stereocenters. The van der Waals surface area contributed by atoms with Gasteiger partial charge in [-0.05, 0) is 42.5 Å². The van der Waals surface area contributed by atoms with Gasteiger partial charge in [-0.2, -0.15) is 0 Å². The molecule has 24 heavy (non-hydrogen) atoms. The summed E-state index contributed by atoms with van der Waals surface area (Å²) >= 11 is 17.6. The van der Waals surface area contributed by atoms with Gasteiger partial charge >= 0.3 is 5.97 Å². The first-order valence-electron chi connectivity index (χ1n) is 6.86. The zero-order valence-corrected chi connectivity index (χ0v) is 14.4. The highest BCUT2D eigenvalue weighted by Gasteiger charge is 2.14. The summed E-state index contributed by atoms with van der Waals surface area (Å²) in [5.41, 5.74) is 1.55. The van der Waals surface area contributed by atoms with Crippen LogP contribution in [0.1, 0.15) is 16.1 Å². The minimum Gasteiger partial charge on any atom is -0.455 e. The van der Waals surface area contributed by atoms with Crippen molar-refractivity contribution < 1.29 is 14.1 Å². The van der Waals surface area contributed by atoms with E-state index in [1.807, 2.05) is 12.1 Å². The number of ether oxygens (including phenoxy) is 1. The topological polar surface area (TPSA) is 52.3 Å². The quantitative estimate of drug-likeness (QED) is 0.546. The van der Waals surface area contributed by atoms with Crippen molar-refractivity contribution in [2.24, 2.45) is 0 Å². The maximum Gasteiger partial charge on any atom is 0.340 e. The van der Waals surface area contributed by atoms with E-state index in [0.29, 0.717) is 21.5 Å². The first-order chi connectivity index (χ1) is 11.5. The summed E-state index contributed by atoms with van der Waals surface area (Å²) in [5.74, 6) is -0.00468. The summed E-state index contributed by atoms with van der Waals surface area (Å²) in [6.07, 6.45) is 0. The predicted octanol–water partition coefficient (Wildman–Crippen LogP) is 5.66. The number of carbonyl (C=O) groups is 1. The monoisotopic (exact) mass is 381 g/mol. The summed E-state index contributed by atoms with van der Waals surface area (Å²) in [7, 11) is 0. The van der Waals surface area contributed by atoms with Crippen LogP contribution in [0.3, 0.4) is 0 Å². The van der Waals surface area contributed by atoms with Crippen LogP contribution in [-0.4, -0.2) is 11.1 Å². The molecule has 0 bridgehead atoms. The third-order valence-corrected chi connectivity index (χ3v) is 3.99. The summed E-state index contributed by atoms with van der Waals surface area (Å²) in [5, 5.41) is 5.19. The van der Waals surface area contributed by atoms with Gasteiger partial charge in [-0.15, -0.1) is 0 Å². The molecule has 7 heteroatoms. The summed E-state index contributed by atoms with van der Waals surface area (Å²) < 4.78 is 10.4. The minimum atomic E-state index is -0.562. The summed E-state index contributed by atoms with van der Waals surface area (Å²) in [6, 6.07) is 13.4. The Balaban J connectivity index is 1.67. The molecule has 0 amide bonds. The Morgan fingerprint density at radius 1 is 1.00 bits per heavy atom. The lowest BCUT2D eigenvalue weighted by Crippen LogP contribution is -2.06. The minimum absolute atomic E-state index is 0.0329. The number of hydrogen-bond donors (Lipinski definition) is 0. The molecule has 0 fully saturated rings. The second-order valence-electron chi connectivity index (χ2n) is 4.89. The van der Waals surface area contributed by atoms with Gasteiger partial charge in [0.1, 0.15) is 12.3 Å². The highest BCUT2D eigenvalue weighted by Crippen LogP contribution is 2.24. The van der Waals surface area contributed by atoms with Gasteiger partial charge in [-0.25, -0.2) is 4.79 Å². The highest BCUT2D eigenvalue weighted by molar-refractivity contribution is 6.36. The lowest BCUT2D eigenvalue weighted by molar-refractivity contribution is 0.0464. The molecule has 2 aromatic carbocycles. The van der Waals surface area contributed by atoms with Crippen molar-refractivity contribution in [3.63, 3.8) is 0 Å². The molecule has 0 aliphatic rings. The van der Waals surface area contributed by atoms with Crippen LogP contribution in [0.5, 0.6) is 0 Å². The molecule has 0 unspecified atom stereocenters. The number of rotatable bonds is 4. The van der Waals surface area contributed by atoms with Gasteiger partial charge in [0.2, 0.25) is 0 Å². The van der Waals surface area contributed by atoms with Gasteiger partial charge in [0.05, 0.1) is 10.6 Å². The number of benzene rings is 2. The molecule has 0 spiro atoms. The lowest BCUT2D eigenvalue weighted by atomic mass is 10.2. The van der Waals surface area contributed by atoms with Crippen molar-refractivity contribution in [2.45, 2.75) is 6.61 Å². The van der Waals surface area contributed by atoms with Crippen LogP contribution in [0.4, 0.5) is 0 Å². The van der Waals surface area contributed by atoms with E-state index in [4.69, 9.17) is 44.1 Å². The van der Waals surface area contributed by atoms with Gasteiger partial charge in [-0.3, -0.25) is 0 Å². The van der Waals surface area contributed by atoms with E-state index in [2.05, 4.69) is 5.16 Å². The predicted molar refractivity (Wildman–Crippen MR) is 92.5 cm³/mol. The van der Waals surface area contributed by atoms with E-state index < -0.39 is 5.97 Å². The SMILES string of the molecule is O=C(OCc1cc(-c2ccc(Cl)cc2)on1)c1ccc(Cl)cc1Cl. The molecule has 1 heterocycles. The van der Waals surface area contributed by atoms with Crippen LogP contribution < -0.4 is 0 Å². The second-order valence-corrected chi connectivity index (χ2v) is 6.17. The maximum atomic E-state index is 12.0. The Labute approximate surface area is 152 Å². The molecular weight excluding hydrogens is 373 g/mol. The third-order valence-electron chi connectivity index (χ3n) is 3.19. The molecule has 3 rings (SSSR count). The average Bonchev–Trinajstić information content (AvgIpc) is 3.02. The smallest absolute Gasteiger partial charge is 0.340 e. The molecule has 3 aromatic rings. The Bertz CT molecular complexity index is 875. The van der Waals surface area contributed by atoms with Crippen LogP contribution >= 0.6 is 34.8 Å². The largest absolute Gasteiger partial charge is 0.455 e. The van der Waals surface area contributed by atoms with Gasteiger partial charge < -0.3 is 9.26 Å². The van der Waals surface area contributed by atoms with Gasteiger partial charge in [0.25, 0.3) is 0 Å². The van der Waals surface area contributed by atoms with E-state index in [1.54, 1.807) is 24.3 Å². The fourth-order valence-corrected chi connectivity index (χ4v) is 2.61. The number of nitrogens with zero attached hydrogens (tertiary/aromatic N) is 1. The zero-order chi connectivity index (χ0) is 17.1. The number of esters is 1. The second kappa shape index (κ2) is 7.26. The van der Waals surface area contributed by atoms with Gasteiger partial charge in [0, 0.05) is 21.7 Å². The van der Waals surface area contributed by atoms with Crippen molar-refractivity contribution in [1.82, 2.24) is 5.16 Å². The van der Waals surface area contributed by atoms with E-state index in [-0.39, 0.29) is 17.2 Å². The van der Waals surface area contributed by atoms with E-state index in [9.17, 15) is 4.79 Å². The first kappa shape index (κ1) is 16.8. The highest BCUT2D eigenvalue weighted by atomic mass is 35.5. The molecule has 0 aliphatic heterocycles. The maximum absolute atomic E-state index is 12.0.